The van der Waals surface area contributed by atoms with E-state index in [4.69, 9.17) is 0 Å². The fourth-order valence-electron chi connectivity index (χ4n) is 3.38. The number of carboxylic acids is 1. The molecule has 0 aromatic rings. The summed E-state index contributed by atoms with van der Waals surface area (Å²) in [5.41, 5.74) is 1.17. The lowest BCUT2D eigenvalue weighted by Gasteiger charge is -2.31. The van der Waals surface area contributed by atoms with Crippen molar-refractivity contribution in [3.8, 4) is 0 Å². The molecule has 0 radical (unpaired) electrons. The molecule has 1 heterocycles. The van der Waals surface area contributed by atoms with E-state index in [2.05, 4.69) is 19.2 Å². The van der Waals surface area contributed by atoms with Crippen LogP contribution in [-0.4, -0.2) is 23.0 Å². The molecule has 2 N–H and O–H groups in total. The molecule has 4 nitrogen and oxygen atoms in total. The topological polar surface area (TPSA) is 66.4 Å². The van der Waals surface area contributed by atoms with E-state index in [0.717, 1.165) is 6.42 Å². The van der Waals surface area contributed by atoms with Gasteiger partial charge in [0.15, 0.2) is 0 Å². The second-order valence-corrected chi connectivity index (χ2v) is 5.92. The van der Waals surface area contributed by atoms with E-state index in [1.807, 2.05) is 13.0 Å². The van der Waals surface area contributed by atoms with Gasteiger partial charge in [0.1, 0.15) is 0 Å². The van der Waals surface area contributed by atoms with Gasteiger partial charge in [0, 0.05) is 12.0 Å². The maximum absolute atomic E-state index is 12.1. The van der Waals surface area contributed by atoms with E-state index < -0.39 is 11.9 Å². The summed E-state index contributed by atoms with van der Waals surface area (Å²) in [6.45, 7) is 6.26. The molecular weight excluding hydrogens is 230 g/mol. The predicted molar refractivity (Wildman–Crippen MR) is 67.9 cm³/mol. The Morgan fingerprint density at radius 2 is 2.17 bits per heavy atom. The van der Waals surface area contributed by atoms with Crippen LogP contribution in [-0.2, 0) is 9.59 Å². The van der Waals surface area contributed by atoms with Gasteiger partial charge in [-0.1, -0.05) is 25.5 Å². The minimum Gasteiger partial charge on any atom is -0.481 e. The van der Waals surface area contributed by atoms with Crippen LogP contribution in [0.1, 0.15) is 33.6 Å². The zero-order valence-electron chi connectivity index (χ0n) is 11.1. The number of carbonyl (C=O) groups excluding carboxylic acids is 1. The lowest BCUT2D eigenvalue weighted by Crippen LogP contribution is -2.36. The van der Waals surface area contributed by atoms with Crippen molar-refractivity contribution in [3.63, 3.8) is 0 Å². The molecule has 4 heteroatoms. The largest absolute Gasteiger partial charge is 0.481 e. The maximum atomic E-state index is 12.1. The summed E-state index contributed by atoms with van der Waals surface area (Å²) in [6.07, 6.45) is 3.38. The van der Waals surface area contributed by atoms with Gasteiger partial charge in [-0.25, -0.2) is 0 Å². The number of carboxylic acid groups (broad SMARTS) is 1. The minimum absolute atomic E-state index is 0.0646. The Hall–Kier alpha value is -1.32. The monoisotopic (exact) mass is 251 g/mol. The van der Waals surface area contributed by atoms with Crippen LogP contribution in [0.5, 0.6) is 0 Å². The average molecular weight is 251 g/mol. The first-order valence-corrected chi connectivity index (χ1v) is 6.61. The molecule has 18 heavy (non-hydrogen) atoms. The van der Waals surface area contributed by atoms with Gasteiger partial charge in [-0.15, -0.1) is 0 Å². The summed E-state index contributed by atoms with van der Waals surface area (Å²) >= 11 is 0. The summed E-state index contributed by atoms with van der Waals surface area (Å²) in [5, 5.41) is 12.2. The summed E-state index contributed by atoms with van der Waals surface area (Å²) < 4.78 is 0. The van der Waals surface area contributed by atoms with E-state index in [1.165, 1.54) is 5.57 Å². The number of aliphatic carboxylic acids is 1. The van der Waals surface area contributed by atoms with Gasteiger partial charge in [-0.05, 0) is 25.7 Å². The molecule has 0 aromatic carbocycles. The van der Waals surface area contributed by atoms with E-state index in [1.54, 1.807) is 0 Å². The number of amides is 1. The van der Waals surface area contributed by atoms with Crippen molar-refractivity contribution >= 4 is 11.9 Å². The molecule has 1 amide bonds. The maximum Gasteiger partial charge on any atom is 0.307 e. The van der Waals surface area contributed by atoms with Crippen molar-refractivity contribution in [2.24, 2.45) is 23.7 Å². The number of allylic oxidation sites excluding steroid dienone is 1. The third kappa shape index (κ3) is 2.16. The Labute approximate surface area is 107 Å². The number of fused-ring (bicyclic) bond motifs is 1. The smallest absolute Gasteiger partial charge is 0.307 e. The van der Waals surface area contributed by atoms with E-state index >= 15 is 0 Å². The van der Waals surface area contributed by atoms with Gasteiger partial charge in [-0.3, -0.25) is 9.59 Å². The molecule has 4 atom stereocenters. The third-order valence-electron chi connectivity index (χ3n) is 4.15. The van der Waals surface area contributed by atoms with Crippen molar-refractivity contribution in [2.75, 3.05) is 0 Å². The Kier molecular flexibility index (Phi) is 3.46. The highest BCUT2D eigenvalue weighted by Gasteiger charge is 2.50. The number of hydrogen-bond donors (Lipinski definition) is 2. The Balaban J connectivity index is 2.29. The van der Waals surface area contributed by atoms with Gasteiger partial charge in [0.25, 0.3) is 0 Å². The SMILES string of the molecule is CC1=CC[C@H](C(=O)O)[C@@H]2C(=O)N[C@@H](CC(C)C)[C@H]12. The summed E-state index contributed by atoms with van der Waals surface area (Å²) in [4.78, 5) is 23.3. The highest BCUT2D eigenvalue weighted by molar-refractivity contribution is 5.88. The molecule has 0 bridgehead atoms. The number of nitrogens with one attached hydrogen (secondary N) is 1. The van der Waals surface area contributed by atoms with Crippen LogP contribution in [0.3, 0.4) is 0 Å². The molecule has 2 aliphatic rings. The molecular formula is C14H21NO3. The summed E-state index contributed by atoms with van der Waals surface area (Å²) in [5.74, 6) is -1.31. The first kappa shape index (κ1) is 13.1. The molecule has 0 aromatic heterocycles. The van der Waals surface area contributed by atoms with Gasteiger partial charge in [-0.2, -0.15) is 0 Å². The van der Waals surface area contributed by atoms with Crippen LogP contribution >= 0.6 is 0 Å². The molecule has 1 fully saturated rings. The van der Waals surface area contributed by atoms with Gasteiger partial charge in [0.05, 0.1) is 11.8 Å². The number of hydrogen-bond acceptors (Lipinski definition) is 2. The zero-order chi connectivity index (χ0) is 13.4. The van der Waals surface area contributed by atoms with Crippen LogP contribution in [0.2, 0.25) is 0 Å². The Morgan fingerprint density at radius 3 is 2.72 bits per heavy atom. The molecule has 1 aliphatic heterocycles. The second-order valence-electron chi connectivity index (χ2n) is 5.92. The second kappa shape index (κ2) is 4.75. The normalized spacial score (nSPS) is 35.1. The quantitative estimate of drug-likeness (QED) is 0.752. The van der Waals surface area contributed by atoms with E-state index in [-0.39, 0.29) is 23.8 Å². The minimum atomic E-state index is -0.853. The van der Waals surface area contributed by atoms with Crippen LogP contribution < -0.4 is 5.32 Å². The third-order valence-corrected chi connectivity index (χ3v) is 4.15. The first-order valence-electron chi connectivity index (χ1n) is 6.61. The molecule has 1 saturated heterocycles. The van der Waals surface area contributed by atoms with E-state index in [9.17, 15) is 14.7 Å². The van der Waals surface area contributed by atoms with Crippen LogP contribution in [0.4, 0.5) is 0 Å². The molecule has 1 aliphatic carbocycles. The zero-order valence-corrected chi connectivity index (χ0v) is 11.1. The van der Waals surface area contributed by atoms with Crippen LogP contribution in [0, 0.1) is 23.7 Å². The van der Waals surface area contributed by atoms with Crippen molar-refractivity contribution in [3.05, 3.63) is 11.6 Å². The van der Waals surface area contributed by atoms with Crippen molar-refractivity contribution in [2.45, 2.75) is 39.7 Å². The van der Waals surface area contributed by atoms with Crippen LogP contribution in [0.25, 0.3) is 0 Å². The lowest BCUT2D eigenvalue weighted by molar-refractivity contribution is -0.147. The van der Waals surface area contributed by atoms with Gasteiger partial charge in [0.2, 0.25) is 5.91 Å². The summed E-state index contributed by atoms with van der Waals surface area (Å²) in [6, 6.07) is 0.0981. The molecule has 0 spiro atoms. The van der Waals surface area contributed by atoms with E-state index in [0.29, 0.717) is 12.3 Å². The number of carbonyl (C=O) groups is 2. The summed E-state index contributed by atoms with van der Waals surface area (Å²) in [7, 11) is 0. The highest BCUT2D eigenvalue weighted by Crippen LogP contribution is 2.42. The molecule has 0 saturated carbocycles. The average Bonchev–Trinajstić information content (AvgIpc) is 2.56. The Bertz CT molecular complexity index is 400. The first-order chi connectivity index (χ1) is 8.41. The van der Waals surface area contributed by atoms with Crippen LogP contribution in [0.15, 0.2) is 11.6 Å². The fraction of sp³-hybridized carbons (Fsp3) is 0.714. The predicted octanol–water partition coefficient (Wildman–Crippen LogP) is 1.81. The lowest BCUT2D eigenvalue weighted by atomic mass is 9.70. The van der Waals surface area contributed by atoms with Gasteiger partial charge >= 0.3 is 5.97 Å². The van der Waals surface area contributed by atoms with Gasteiger partial charge < -0.3 is 10.4 Å². The fourth-order valence-corrected chi connectivity index (χ4v) is 3.38. The molecule has 2 rings (SSSR count). The Morgan fingerprint density at radius 1 is 1.50 bits per heavy atom. The van der Waals surface area contributed by atoms with Crippen molar-refractivity contribution in [1.82, 2.24) is 5.32 Å². The van der Waals surface area contributed by atoms with Crippen molar-refractivity contribution < 1.29 is 14.7 Å². The highest BCUT2D eigenvalue weighted by atomic mass is 16.4. The van der Waals surface area contributed by atoms with Crippen molar-refractivity contribution in [1.29, 1.82) is 0 Å². The molecule has 0 unspecified atom stereocenters. The molecule has 100 valence electrons. The standard InChI is InChI=1S/C14H21NO3/c1-7(2)6-10-11-8(3)4-5-9(14(17)18)12(11)13(16)15-10/h4,7,9-12H,5-6H2,1-3H3,(H,15,16)(H,17,18)/t9-,10-,11-,12-/m0/s1. The number of rotatable bonds is 3.